The van der Waals surface area contributed by atoms with Crippen molar-refractivity contribution in [1.29, 1.82) is 0 Å². The summed E-state index contributed by atoms with van der Waals surface area (Å²) in [4.78, 5) is 13.5. The molecule has 1 aromatic rings. The summed E-state index contributed by atoms with van der Waals surface area (Å²) < 4.78 is 12.0. The predicted molar refractivity (Wildman–Crippen MR) is 84.9 cm³/mol. The highest BCUT2D eigenvalue weighted by Gasteiger charge is 2.43. The van der Waals surface area contributed by atoms with Crippen LogP contribution >= 0.6 is 11.6 Å². The van der Waals surface area contributed by atoms with Crippen LogP contribution in [0, 0.1) is 0 Å². The predicted octanol–water partition coefficient (Wildman–Crippen LogP) is 2.59. The average molecular weight is 324 g/mol. The van der Waals surface area contributed by atoms with Crippen molar-refractivity contribution in [2.45, 2.75) is 37.6 Å². The van der Waals surface area contributed by atoms with Crippen molar-refractivity contribution >= 4 is 17.5 Å². The Morgan fingerprint density at radius 2 is 2.05 bits per heavy atom. The lowest BCUT2D eigenvalue weighted by Crippen LogP contribution is -2.47. The molecule has 2 fully saturated rings. The van der Waals surface area contributed by atoms with Crippen LogP contribution in [0.1, 0.15) is 24.8 Å². The van der Waals surface area contributed by atoms with Gasteiger partial charge in [0.2, 0.25) is 5.91 Å². The van der Waals surface area contributed by atoms with Gasteiger partial charge in [-0.05, 0) is 18.4 Å². The van der Waals surface area contributed by atoms with Crippen LogP contribution in [0.4, 0.5) is 0 Å². The van der Waals surface area contributed by atoms with Crippen molar-refractivity contribution in [3.05, 3.63) is 35.9 Å². The number of hydrogen-bond acceptors (Lipinski definition) is 3. The number of amides is 1. The molecule has 2 aliphatic heterocycles. The summed E-state index contributed by atoms with van der Waals surface area (Å²) in [6, 6.07) is 10.2. The van der Waals surface area contributed by atoms with Crippen LogP contribution in [0.3, 0.4) is 0 Å². The van der Waals surface area contributed by atoms with Crippen LogP contribution in [0.2, 0.25) is 0 Å². The standard InChI is InChI=1S/C17H22ClNO3/c18-11-16(20)19-8-6-17(7-9-19)10-15(13-22-17)21-12-14-4-2-1-3-5-14/h1-5,15H,6-13H2. The minimum absolute atomic E-state index is 0.0198. The van der Waals surface area contributed by atoms with E-state index in [9.17, 15) is 4.79 Å². The molecule has 0 aliphatic carbocycles. The first-order chi connectivity index (χ1) is 10.7. The Labute approximate surface area is 136 Å². The van der Waals surface area contributed by atoms with Gasteiger partial charge in [-0.1, -0.05) is 30.3 Å². The summed E-state index contributed by atoms with van der Waals surface area (Å²) in [6.07, 6.45) is 2.82. The molecule has 2 saturated heterocycles. The van der Waals surface area contributed by atoms with Gasteiger partial charge in [0.25, 0.3) is 0 Å². The maximum atomic E-state index is 11.6. The number of hydrogen-bond donors (Lipinski definition) is 0. The lowest BCUT2D eigenvalue weighted by atomic mass is 9.88. The molecule has 1 unspecified atom stereocenters. The Balaban J connectivity index is 1.47. The number of piperidine rings is 1. The molecule has 1 spiro atoms. The van der Waals surface area contributed by atoms with Gasteiger partial charge in [0.1, 0.15) is 5.88 Å². The van der Waals surface area contributed by atoms with E-state index in [4.69, 9.17) is 21.1 Å². The maximum absolute atomic E-state index is 11.6. The molecule has 1 aromatic carbocycles. The number of halogens is 1. The Morgan fingerprint density at radius 3 is 2.73 bits per heavy atom. The molecule has 120 valence electrons. The van der Waals surface area contributed by atoms with Gasteiger partial charge in [0.05, 0.1) is 24.9 Å². The molecule has 1 atom stereocenters. The minimum atomic E-state index is -0.107. The number of nitrogens with zero attached hydrogens (tertiary/aromatic N) is 1. The van der Waals surface area contributed by atoms with Crippen molar-refractivity contribution in [2.24, 2.45) is 0 Å². The van der Waals surface area contributed by atoms with Crippen molar-refractivity contribution in [2.75, 3.05) is 25.6 Å². The highest BCUT2D eigenvalue weighted by Crippen LogP contribution is 2.37. The monoisotopic (exact) mass is 323 g/mol. The lowest BCUT2D eigenvalue weighted by Gasteiger charge is -2.38. The summed E-state index contributed by atoms with van der Waals surface area (Å²) >= 11 is 5.62. The molecule has 0 bridgehead atoms. The van der Waals surface area contributed by atoms with E-state index in [-0.39, 0.29) is 23.5 Å². The van der Waals surface area contributed by atoms with Gasteiger partial charge in [0, 0.05) is 19.5 Å². The van der Waals surface area contributed by atoms with Crippen LogP contribution in [0.5, 0.6) is 0 Å². The molecule has 2 aliphatic rings. The van der Waals surface area contributed by atoms with Crippen LogP contribution < -0.4 is 0 Å². The first-order valence-electron chi connectivity index (χ1n) is 7.84. The normalized spacial score (nSPS) is 23.9. The number of benzene rings is 1. The van der Waals surface area contributed by atoms with Crippen molar-refractivity contribution in [3.63, 3.8) is 0 Å². The summed E-state index contributed by atoms with van der Waals surface area (Å²) in [5, 5.41) is 0. The molecule has 3 rings (SSSR count). The Bertz CT molecular complexity index is 500. The zero-order valence-corrected chi connectivity index (χ0v) is 13.4. The van der Waals surface area contributed by atoms with Crippen LogP contribution in [0.15, 0.2) is 30.3 Å². The van der Waals surface area contributed by atoms with E-state index in [1.54, 1.807) is 0 Å². The zero-order chi connectivity index (χ0) is 15.4. The average Bonchev–Trinajstić information content (AvgIpc) is 2.97. The van der Waals surface area contributed by atoms with E-state index < -0.39 is 0 Å². The van der Waals surface area contributed by atoms with E-state index in [1.807, 2.05) is 23.1 Å². The smallest absolute Gasteiger partial charge is 0.237 e. The summed E-state index contributed by atoms with van der Waals surface area (Å²) in [5.41, 5.74) is 1.08. The molecule has 0 N–H and O–H groups in total. The topological polar surface area (TPSA) is 38.8 Å². The highest BCUT2D eigenvalue weighted by molar-refractivity contribution is 6.27. The van der Waals surface area contributed by atoms with Crippen LogP contribution in [0.25, 0.3) is 0 Å². The number of alkyl halides is 1. The van der Waals surface area contributed by atoms with Crippen LogP contribution in [-0.2, 0) is 20.9 Å². The van der Waals surface area contributed by atoms with E-state index >= 15 is 0 Å². The van der Waals surface area contributed by atoms with Gasteiger partial charge in [0.15, 0.2) is 0 Å². The fourth-order valence-electron chi connectivity index (χ4n) is 3.29. The number of likely N-dealkylation sites (tertiary alicyclic amines) is 1. The summed E-state index contributed by atoms with van der Waals surface area (Å²) in [5.74, 6) is 0.0859. The number of carbonyl (C=O) groups is 1. The molecule has 1 amide bonds. The third-order valence-corrected chi connectivity index (χ3v) is 4.87. The van der Waals surface area contributed by atoms with E-state index in [1.165, 1.54) is 5.56 Å². The largest absolute Gasteiger partial charge is 0.372 e. The molecular weight excluding hydrogens is 302 g/mol. The summed E-state index contributed by atoms with van der Waals surface area (Å²) in [6.45, 7) is 2.74. The summed E-state index contributed by atoms with van der Waals surface area (Å²) in [7, 11) is 0. The third-order valence-electron chi connectivity index (χ3n) is 4.65. The number of carbonyl (C=O) groups excluding carboxylic acids is 1. The Hall–Kier alpha value is -1.10. The van der Waals surface area contributed by atoms with E-state index in [0.717, 1.165) is 32.4 Å². The first kappa shape index (κ1) is 15.8. The molecule has 0 aromatic heterocycles. The van der Waals surface area contributed by atoms with Crippen molar-refractivity contribution in [3.8, 4) is 0 Å². The second-order valence-electron chi connectivity index (χ2n) is 6.13. The van der Waals surface area contributed by atoms with Crippen LogP contribution in [-0.4, -0.2) is 48.1 Å². The fraction of sp³-hybridized carbons (Fsp3) is 0.588. The van der Waals surface area contributed by atoms with Gasteiger partial charge in [-0.15, -0.1) is 11.6 Å². The third kappa shape index (κ3) is 3.62. The second kappa shape index (κ2) is 6.99. The molecule has 4 nitrogen and oxygen atoms in total. The fourth-order valence-corrected chi connectivity index (χ4v) is 3.46. The molecule has 22 heavy (non-hydrogen) atoms. The van der Waals surface area contributed by atoms with Gasteiger partial charge in [-0.3, -0.25) is 4.79 Å². The maximum Gasteiger partial charge on any atom is 0.237 e. The van der Waals surface area contributed by atoms with Crippen molar-refractivity contribution in [1.82, 2.24) is 4.90 Å². The molecule has 0 saturated carbocycles. The van der Waals surface area contributed by atoms with Crippen molar-refractivity contribution < 1.29 is 14.3 Å². The van der Waals surface area contributed by atoms with Gasteiger partial charge >= 0.3 is 0 Å². The number of ether oxygens (including phenoxy) is 2. The second-order valence-corrected chi connectivity index (χ2v) is 6.40. The zero-order valence-electron chi connectivity index (χ0n) is 12.7. The highest BCUT2D eigenvalue weighted by atomic mass is 35.5. The lowest BCUT2D eigenvalue weighted by molar-refractivity contribution is -0.133. The molecule has 0 radical (unpaired) electrons. The van der Waals surface area contributed by atoms with Gasteiger partial charge in [-0.2, -0.15) is 0 Å². The molecule has 5 heteroatoms. The van der Waals surface area contributed by atoms with E-state index in [0.29, 0.717) is 13.2 Å². The van der Waals surface area contributed by atoms with Gasteiger partial charge < -0.3 is 14.4 Å². The number of rotatable bonds is 4. The molecule has 2 heterocycles. The van der Waals surface area contributed by atoms with Gasteiger partial charge in [-0.25, -0.2) is 0 Å². The quantitative estimate of drug-likeness (QED) is 0.799. The molecular formula is C17H22ClNO3. The van der Waals surface area contributed by atoms with E-state index in [2.05, 4.69) is 12.1 Å². The Morgan fingerprint density at radius 1 is 1.32 bits per heavy atom. The first-order valence-corrected chi connectivity index (χ1v) is 8.37. The SMILES string of the molecule is O=C(CCl)N1CCC2(CC1)CC(OCc1ccccc1)CO2. The Kier molecular flexibility index (Phi) is 5.01. The minimum Gasteiger partial charge on any atom is -0.372 e.